The Kier molecular flexibility index (Phi) is 4.17. The Morgan fingerprint density at radius 2 is 2.20 bits per heavy atom. The second-order valence-corrected chi connectivity index (χ2v) is 7.03. The minimum atomic E-state index is -0.0287. The molecule has 4 heterocycles. The summed E-state index contributed by atoms with van der Waals surface area (Å²) < 4.78 is 3.62. The van der Waals surface area contributed by atoms with Gasteiger partial charge in [-0.2, -0.15) is 5.10 Å². The molecule has 25 heavy (non-hydrogen) atoms. The van der Waals surface area contributed by atoms with Crippen LogP contribution in [0.5, 0.6) is 0 Å². The van der Waals surface area contributed by atoms with Crippen LogP contribution in [0.15, 0.2) is 35.5 Å². The van der Waals surface area contributed by atoms with Crippen molar-refractivity contribution in [2.24, 2.45) is 0 Å². The average molecular weight is 340 g/mol. The predicted octanol–water partition coefficient (Wildman–Crippen LogP) is 2.53. The highest BCUT2D eigenvalue weighted by Crippen LogP contribution is 2.31. The van der Waals surface area contributed by atoms with Crippen LogP contribution in [-0.4, -0.2) is 35.6 Å². The maximum Gasteiger partial charge on any atom is 0.259 e. The van der Waals surface area contributed by atoms with Crippen molar-refractivity contribution in [2.45, 2.75) is 51.7 Å². The van der Waals surface area contributed by atoms with Crippen LogP contribution in [0.1, 0.15) is 56.6 Å². The Morgan fingerprint density at radius 3 is 3.04 bits per heavy atom. The first-order valence-electron chi connectivity index (χ1n) is 8.96. The number of nitrogens with one attached hydrogen (secondary N) is 1. The quantitative estimate of drug-likeness (QED) is 0.792. The zero-order valence-corrected chi connectivity index (χ0v) is 14.7. The van der Waals surface area contributed by atoms with Crippen LogP contribution >= 0.6 is 0 Å². The van der Waals surface area contributed by atoms with Gasteiger partial charge < -0.3 is 4.98 Å². The molecule has 0 bridgehead atoms. The molecule has 7 heteroatoms. The van der Waals surface area contributed by atoms with Crippen LogP contribution in [0.25, 0.3) is 5.78 Å². The molecular weight excluding hydrogens is 316 g/mol. The van der Waals surface area contributed by atoms with Crippen LogP contribution in [0, 0.1) is 0 Å². The van der Waals surface area contributed by atoms with E-state index in [4.69, 9.17) is 0 Å². The van der Waals surface area contributed by atoms with Crippen LogP contribution in [0.3, 0.4) is 0 Å². The standard InChI is InChI=1S/C18H24N6O/c1-13(2)24-14(6-7-20-24)12-22-9-4-3-5-16(22)15-11-17(25)23-10-8-19-18(23)21-15/h6-8,10-11,13,16H,3-5,9,12H2,1-2H3,(H,19,21). The summed E-state index contributed by atoms with van der Waals surface area (Å²) in [5.74, 6) is 0.611. The molecule has 0 saturated carbocycles. The Morgan fingerprint density at radius 1 is 1.32 bits per heavy atom. The first-order valence-corrected chi connectivity index (χ1v) is 8.96. The lowest BCUT2D eigenvalue weighted by Gasteiger charge is -2.35. The molecule has 1 N–H and O–H groups in total. The number of likely N-dealkylation sites (tertiary alicyclic amines) is 1. The topological polar surface area (TPSA) is 71.2 Å². The number of hydrogen-bond donors (Lipinski definition) is 1. The van der Waals surface area contributed by atoms with Gasteiger partial charge in [-0.15, -0.1) is 0 Å². The van der Waals surface area contributed by atoms with Crippen molar-refractivity contribution in [1.29, 1.82) is 0 Å². The molecule has 0 aromatic carbocycles. The molecule has 1 saturated heterocycles. The van der Waals surface area contributed by atoms with E-state index >= 15 is 0 Å². The van der Waals surface area contributed by atoms with E-state index in [2.05, 4.69) is 44.6 Å². The van der Waals surface area contributed by atoms with E-state index in [-0.39, 0.29) is 11.6 Å². The third-order valence-electron chi connectivity index (χ3n) is 4.99. The number of aromatic nitrogens is 5. The van der Waals surface area contributed by atoms with Crippen LogP contribution < -0.4 is 5.56 Å². The molecule has 0 aliphatic carbocycles. The maximum absolute atomic E-state index is 12.3. The number of aromatic amines is 1. The Labute approximate surface area is 146 Å². The molecule has 7 nitrogen and oxygen atoms in total. The molecule has 3 aromatic rings. The molecule has 4 rings (SSSR count). The molecule has 1 aliphatic heterocycles. The summed E-state index contributed by atoms with van der Waals surface area (Å²) >= 11 is 0. The summed E-state index contributed by atoms with van der Waals surface area (Å²) in [4.78, 5) is 22.4. The second-order valence-electron chi connectivity index (χ2n) is 7.03. The fraction of sp³-hybridized carbons (Fsp3) is 0.500. The molecule has 132 valence electrons. The lowest BCUT2D eigenvalue weighted by Crippen LogP contribution is -2.35. The van der Waals surface area contributed by atoms with Gasteiger partial charge in [0, 0.05) is 42.9 Å². The van der Waals surface area contributed by atoms with E-state index in [0.717, 1.165) is 25.2 Å². The van der Waals surface area contributed by atoms with E-state index in [1.165, 1.54) is 18.5 Å². The van der Waals surface area contributed by atoms with Crippen LogP contribution in [0.4, 0.5) is 0 Å². The number of piperidine rings is 1. The third-order valence-corrected chi connectivity index (χ3v) is 4.99. The van der Waals surface area contributed by atoms with Crippen molar-refractivity contribution in [3.05, 3.63) is 52.5 Å². The van der Waals surface area contributed by atoms with Crippen molar-refractivity contribution in [1.82, 2.24) is 29.0 Å². The van der Waals surface area contributed by atoms with Gasteiger partial charge in [-0.25, -0.2) is 4.98 Å². The monoisotopic (exact) mass is 340 g/mol. The fourth-order valence-electron chi connectivity index (χ4n) is 3.79. The van der Waals surface area contributed by atoms with E-state index in [1.54, 1.807) is 22.9 Å². The van der Waals surface area contributed by atoms with Gasteiger partial charge in [-0.1, -0.05) is 6.42 Å². The average Bonchev–Trinajstić information content (AvgIpc) is 3.24. The number of hydrogen-bond acceptors (Lipinski definition) is 4. The maximum atomic E-state index is 12.3. The first kappa shape index (κ1) is 16.1. The summed E-state index contributed by atoms with van der Waals surface area (Å²) in [7, 11) is 0. The third kappa shape index (κ3) is 3.00. The summed E-state index contributed by atoms with van der Waals surface area (Å²) in [6, 6.07) is 4.36. The largest absolute Gasteiger partial charge is 0.327 e. The Hall–Kier alpha value is -2.41. The number of rotatable bonds is 4. The van der Waals surface area contributed by atoms with Gasteiger partial charge >= 0.3 is 0 Å². The first-order chi connectivity index (χ1) is 12.1. The van der Waals surface area contributed by atoms with Crippen molar-refractivity contribution in [3.8, 4) is 0 Å². The predicted molar refractivity (Wildman–Crippen MR) is 95.4 cm³/mol. The molecule has 1 aliphatic rings. The molecular formula is C18H24N6O. The smallest absolute Gasteiger partial charge is 0.259 e. The van der Waals surface area contributed by atoms with Gasteiger partial charge in [0.2, 0.25) is 5.78 Å². The number of H-pyrrole nitrogens is 1. The van der Waals surface area contributed by atoms with Crippen molar-refractivity contribution >= 4 is 5.78 Å². The van der Waals surface area contributed by atoms with Gasteiger partial charge in [0.25, 0.3) is 5.56 Å². The Balaban J connectivity index is 1.66. The van der Waals surface area contributed by atoms with Gasteiger partial charge in [-0.05, 0) is 39.3 Å². The normalized spacial score (nSPS) is 19.1. The molecule has 0 radical (unpaired) electrons. The van der Waals surface area contributed by atoms with Gasteiger partial charge in [0.1, 0.15) is 0 Å². The van der Waals surface area contributed by atoms with Crippen LogP contribution in [-0.2, 0) is 6.54 Å². The summed E-state index contributed by atoms with van der Waals surface area (Å²) in [5, 5.41) is 4.45. The van der Waals surface area contributed by atoms with Crippen molar-refractivity contribution in [2.75, 3.05) is 6.54 Å². The van der Waals surface area contributed by atoms with E-state index in [9.17, 15) is 4.79 Å². The van der Waals surface area contributed by atoms with Gasteiger partial charge in [0.15, 0.2) is 0 Å². The molecule has 3 aromatic heterocycles. The lowest BCUT2D eigenvalue weighted by molar-refractivity contribution is 0.132. The summed E-state index contributed by atoms with van der Waals surface area (Å²) in [5.41, 5.74) is 2.14. The molecule has 1 fully saturated rings. The highest BCUT2D eigenvalue weighted by atomic mass is 16.1. The van der Waals surface area contributed by atoms with Gasteiger partial charge in [-0.3, -0.25) is 18.8 Å². The minimum Gasteiger partial charge on any atom is -0.327 e. The minimum absolute atomic E-state index is 0.0287. The van der Waals surface area contributed by atoms with Crippen molar-refractivity contribution in [3.63, 3.8) is 0 Å². The molecule has 1 atom stereocenters. The van der Waals surface area contributed by atoms with Crippen molar-refractivity contribution < 1.29 is 0 Å². The van der Waals surface area contributed by atoms with E-state index < -0.39 is 0 Å². The SMILES string of the molecule is CC(C)n1nccc1CN1CCCCC1c1cc(=O)n2ccnc2[nH]1. The van der Waals surface area contributed by atoms with Gasteiger partial charge in [0.05, 0.1) is 11.7 Å². The summed E-state index contributed by atoms with van der Waals surface area (Å²) in [6.07, 6.45) is 8.61. The fourth-order valence-corrected chi connectivity index (χ4v) is 3.79. The molecule has 1 unspecified atom stereocenters. The van der Waals surface area contributed by atoms with Crippen LogP contribution in [0.2, 0.25) is 0 Å². The molecule has 0 spiro atoms. The summed E-state index contributed by atoms with van der Waals surface area (Å²) in [6.45, 7) is 6.15. The number of fused-ring (bicyclic) bond motifs is 1. The zero-order chi connectivity index (χ0) is 17.4. The lowest BCUT2D eigenvalue weighted by atomic mass is 9.99. The van der Waals surface area contributed by atoms with E-state index in [1.807, 2.05) is 6.20 Å². The zero-order valence-electron chi connectivity index (χ0n) is 14.7. The number of imidazole rings is 1. The molecule has 0 amide bonds. The Bertz CT molecular complexity index is 921. The highest BCUT2D eigenvalue weighted by Gasteiger charge is 2.26. The highest BCUT2D eigenvalue weighted by molar-refractivity contribution is 5.30. The number of nitrogens with zero attached hydrogens (tertiary/aromatic N) is 5. The van der Waals surface area contributed by atoms with E-state index in [0.29, 0.717) is 11.8 Å². The second kappa shape index (κ2) is 6.48.